The molecule has 0 unspecified atom stereocenters. The van der Waals surface area contributed by atoms with Gasteiger partial charge in [0.05, 0.1) is 16.7 Å². The molecule has 0 bridgehead atoms. The number of rotatable bonds is 5. The van der Waals surface area contributed by atoms with Crippen LogP contribution in [0.1, 0.15) is 13.8 Å². The van der Waals surface area contributed by atoms with Crippen molar-refractivity contribution in [2.24, 2.45) is 0 Å². The average Bonchev–Trinajstić information content (AvgIpc) is 2.20. The van der Waals surface area contributed by atoms with Gasteiger partial charge in [-0.15, -0.1) is 0 Å². The Hall–Kier alpha value is -2.11. The lowest BCUT2D eigenvalue weighted by molar-refractivity contribution is -0.384. The fraction of sp³-hybridized carbons (Fsp3) is 0.300. The van der Waals surface area contributed by atoms with Crippen LogP contribution in [0.25, 0.3) is 0 Å². The van der Waals surface area contributed by atoms with E-state index in [0.717, 1.165) is 0 Å². The summed E-state index contributed by atoms with van der Waals surface area (Å²) in [4.78, 5) is 20.4. The molecule has 0 atom stereocenters. The quantitative estimate of drug-likeness (QED) is 0.470. The molecule has 0 spiro atoms. The number of nitrogens with one attached hydrogen (secondary N) is 1. The van der Waals surface area contributed by atoms with E-state index in [1.54, 1.807) is 0 Å². The molecule has 86 valence electrons. The maximum atomic E-state index is 10.5. The predicted octanol–water partition coefficient (Wildman–Crippen LogP) is 1.95. The molecule has 1 amide bonds. The minimum Gasteiger partial charge on any atom is -0.489 e. The summed E-state index contributed by atoms with van der Waals surface area (Å²) in [7, 11) is 0. The lowest BCUT2D eigenvalue weighted by Crippen LogP contribution is -2.08. The van der Waals surface area contributed by atoms with Gasteiger partial charge >= 0.3 is 0 Å². The van der Waals surface area contributed by atoms with Gasteiger partial charge in [0.25, 0.3) is 5.69 Å². The molecule has 6 nitrogen and oxygen atoms in total. The highest BCUT2D eigenvalue weighted by Gasteiger charge is 2.12. The number of carbonyl (C=O) groups excluding carboxylic acids is 1. The molecule has 0 aromatic heterocycles. The number of hydrogen-bond donors (Lipinski definition) is 1. The van der Waals surface area contributed by atoms with Gasteiger partial charge in [0.15, 0.2) is 0 Å². The fourth-order valence-corrected chi connectivity index (χ4v) is 1.16. The standard InChI is InChI=1S/C10H12N2O4/c1-7(2)16-10-4-3-8(12(14)15)5-9(10)11-6-13/h3-7H,1-2H3,(H,11,13). The Bertz CT molecular complexity index is 404. The first-order valence-corrected chi connectivity index (χ1v) is 4.70. The molecule has 0 saturated carbocycles. The van der Waals surface area contributed by atoms with Gasteiger partial charge < -0.3 is 10.1 Å². The first kappa shape index (κ1) is 12.0. The van der Waals surface area contributed by atoms with Gasteiger partial charge in [-0.1, -0.05) is 0 Å². The highest BCUT2D eigenvalue weighted by Crippen LogP contribution is 2.29. The Labute approximate surface area is 92.4 Å². The minimum atomic E-state index is -0.533. The van der Waals surface area contributed by atoms with Crippen molar-refractivity contribution < 1.29 is 14.5 Å². The monoisotopic (exact) mass is 224 g/mol. The molecule has 16 heavy (non-hydrogen) atoms. The fourth-order valence-electron chi connectivity index (χ4n) is 1.16. The second-order valence-electron chi connectivity index (χ2n) is 3.37. The lowest BCUT2D eigenvalue weighted by Gasteiger charge is -2.12. The van der Waals surface area contributed by atoms with E-state index >= 15 is 0 Å². The van der Waals surface area contributed by atoms with Crippen LogP contribution in [0.4, 0.5) is 11.4 Å². The van der Waals surface area contributed by atoms with E-state index in [1.807, 2.05) is 13.8 Å². The van der Waals surface area contributed by atoms with Crippen molar-refractivity contribution in [2.75, 3.05) is 5.32 Å². The van der Waals surface area contributed by atoms with Gasteiger partial charge in [-0.25, -0.2) is 0 Å². The maximum Gasteiger partial charge on any atom is 0.271 e. The maximum absolute atomic E-state index is 10.5. The molecule has 0 radical (unpaired) electrons. The van der Waals surface area contributed by atoms with Crippen molar-refractivity contribution in [3.8, 4) is 5.75 Å². The molecule has 6 heteroatoms. The van der Waals surface area contributed by atoms with E-state index in [4.69, 9.17) is 4.74 Å². The van der Waals surface area contributed by atoms with Gasteiger partial charge in [0, 0.05) is 12.1 Å². The van der Waals surface area contributed by atoms with E-state index in [2.05, 4.69) is 5.32 Å². The summed E-state index contributed by atoms with van der Waals surface area (Å²) < 4.78 is 5.39. The van der Waals surface area contributed by atoms with Crippen molar-refractivity contribution in [3.05, 3.63) is 28.3 Å². The third-order valence-electron chi connectivity index (χ3n) is 1.75. The largest absolute Gasteiger partial charge is 0.489 e. The van der Waals surface area contributed by atoms with Crippen LogP contribution < -0.4 is 10.1 Å². The first-order valence-electron chi connectivity index (χ1n) is 4.70. The molecule has 0 fully saturated rings. The number of amides is 1. The van der Waals surface area contributed by atoms with Crippen molar-refractivity contribution in [3.63, 3.8) is 0 Å². The zero-order chi connectivity index (χ0) is 12.1. The molecular weight excluding hydrogens is 212 g/mol. The van der Waals surface area contributed by atoms with Crippen LogP contribution in [0.15, 0.2) is 18.2 Å². The second-order valence-corrected chi connectivity index (χ2v) is 3.37. The Morgan fingerprint density at radius 1 is 1.50 bits per heavy atom. The molecule has 1 aromatic carbocycles. The molecule has 1 rings (SSSR count). The smallest absolute Gasteiger partial charge is 0.271 e. The molecule has 0 aliphatic heterocycles. The number of ether oxygens (including phenoxy) is 1. The number of benzene rings is 1. The molecule has 1 N–H and O–H groups in total. The van der Waals surface area contributed by atoms with E-state index < -0.39 is 4.92 Å². The van der Waals surface area contributed by atoms with Crippen LogP contribution >= 0.6 is 0 Å². The van der Waals surface area contributed by atoms with Crippen LogP contribution in [-0.2, 0) is 4.79 Å². The van der Waals surface area contributed by atoms with Gasteiger partial charge in [-0.3, -0.25) is 14.9 Å². The summed E-state index contributed by atoms with van der Waals surface area (Å²) in [6.07, 6.45) is 0.375. The third kappa shape index (κ3) is 2.94. The van der Waals surface area contributed by atoms with Crippen LogP contribution in [0.2, 0.25) is 0 Å². The summed E-state index contributed by atoms with van der Waals surface area (Å²) in [6, 6.07) is 4.05. The highest BCUT2D eigenvalue weighted by molar-refractivity contribution is 5.76. The average molecular weight is 224 g/mol. The Kier molecular flexibility index (Phi) is 3.82. The van der Waals surface area contributed by atoms with Gasteiger partial charge in [0.1, 0.15) is 5.75 Å². The molecule has 0 aliphatic carbocycles. The van der Waals surface area contributed by atoms with Crippen molar-refractivity contribution in [1.29, 1.82) is 0 Å². The zero-order valence-corrected chi connectivity index (χ0v) is 8.97. The Morgan fingerprint density at radius 3 is 2.69 bits per heavy atom. The third-order valence-corrected chi connectivity index (χ3v) is 1.75. The van der Waals surface area contributed by atoms with Gasteiger partial charge in [0.2, 0.25) is 6.41 Å². The topological polar surface area (TPSA) is 81.5 Å². The number of nitrogens with zero attached hydrogens (tertiary/aromatic N) is 1. The normalized spacial score (nSPS) is 9.94. The molecule has 0 saturated heterocycles. The summed E-state index contributed by atoms with van der Waals surface area (Å²) in [5.41, 5.74) is 0.193. The highest BCUT2D eigenvalue weighted by atomic mass is 16.6. The van der Waals surface area contributed by atoms with E-state index in [0.29, 0.717) is 12.2 Å². The van der Waals surface area contributed by atoms with E-state index in [9.17, 15) is 14.9 Å². The summed E-state index contributed by atoms with van der Waals surface area (Å²) >= 11 is 0. The summed E-state index contributed by atoms with van der Waals surface area (Å²) in [6.45, 7) is 3.65. The summed E-state index contributed by atoms with van der Waals surface area (Å²) in [5.74, 6) is 0.410. The van der Waals surface area contributed by atoms with Crippen molar-refractivity contribution in [1.82, 2.24) is 0 Å². The van der Waals surface area contributed by atoms with Crippen LogP contribution in [0, 0.1) is 10.1 Å². The number of nitro groups is 1. The van der Waals surface area contributed by atoms with Gasteiger partial charge in [-0.2, -0.15) is 0 Å². The van der Waals surface area contributed by atoms with Crippen molar-refractivity contribution >= 4 is 17.8 Å². The minimum absolute atomic E-state index is 0.0753. The molecule has 1 aromatic rings. The molecule has 0 aliphatic rings. The number of anilines is 1. The van der Waals surface area contributed by atoms with Gasteiger partial charge in [-0.05, 0) is 19.9 Å². The van der Waals surface area contributed by atoms with Crippen LogP contribution in [0.5, 0.6) is 5.75 Å². The Balaban J connectivity index is 3.08. The SMILES string of the molecule is CC(C)Oc1ccc([N+](=O)[O-])cc1NC=O. The first-order chi connectivity index (χ1) is 7.54. The van der Waals surface area contributed by atoms with E-state index in [1.165, 1.54) is 18.2 Å². The molecule has 0 heterocycles. The predicted molar refractivity (Wildman–Crippen MR) is 58.5 cm³/mol. The Morgan fingerprint density at radius 2 is 2.19 bits per heavy atom. The summed E-state index contributed by atoms with van der Waals surface area (Å²) in [5, 5.41) is 12.9. The number of carbonyl (C=O) groups is 1. The van der Waals surface area contributed by atoms with Crippen molar-refractivity contribution in [2.45, 2.75) is 20.0 Å². The number of hydrogen-bond acceptors (Lipinski definition) is 4. The zero-order valence-electron chi connectivity index (χ0n) is 8.97. The molecular formula is C10H12N2O4. The van der Waals surface area contributed by atoms with Crippen LogP contribution in [0.3, 0.4) is 0 Å². The lowest BCUT2D eigenvalue weighted by atomic mass is 10.2. The number of nitro benzene ring substituents is 1. The van der Waals surface area contributed by atoms with Crippen LogP contribution in [-0.4, -0.2) is 17.4 Å². The second kappa shape index (κ2) is 5.11. The number of non-ortho nitro benzene ring substituents is 1. The van der Waals surface area contributed by atoms with E-state index in [-0.39, 0.29) is 17.5 Å².